The molecule has 2 aromatic rings. The second-order valence-electron chi connectivity index (χ2n) is 4.05. The molecule has 5 heteroatoms. The molecule has 1 N–H and O–H groups in total. The Balaban J connectivity index is 2.07. The Labute approximate surface area is 98.5 Å². The summed E-state index contributed by atoms with van der Waals surface area (Å²) in [4.78, 5) is 14.3. The lowest BCUT2D eigenvalue weighted by molar-refractivity contribution is 0.692. The van der Waals surface area contributed by atoms with Gasteiger partial charge in [-0.3, -0.25) is 0 Å². The predicted molar refractivity (Wildman–Crippen MR) is 68.0 cm³/mol. The fraction of sp³-hybridized carbons (Fsp3) is 0.455. The van der Waals surface area contributed by atoms with Gasteiger partial charge in [0.1, 0.15) is 5.52 Å². The normalized spacial score (nSPS) is 21.6. The number of nitrogens with zero attached hydrogens (tertiary/aromatic N) is 3. The van der Waals surface area contributed by atoms with Crippen molar-refractivity contribution >= 4 is 28.6 Å². The summed E-state index contributed by atoms with van der Waals surface area (Å²) in [6, 6.07) is 2.50. The summed E-state index contributed by atoms with van der Waals surface area (Å²) in [6.07, 6.45) is 3.59. The quantitative estimate of drug-likeness (QED) is 0.818. The van der Waals surface area contributed by atoms with Gasteiger partial charge in [-0.2, -0.15) is 11.8 Å². The van der Waals surface area contributed by atoms with E-state index in [4.69, 9.17) is 0 Å². The van der Waals surface area contributed by atoms with Crippen molar-refractivity contribution in [1.82, 2.24) is 15.0 Å². The van der Waals surface area contributed by atoms with Crippen LogP contribution >= 0.6 is 11.8 Å². The first kappa shape index (κ1) is 9.96. The molecule has 0 aromatic carbocycles. The van der Waals surface area contributed by atoms with Gasteiger partial charge >= 0.3 is 0 Å². The van der Waals surface area contributed by atoms with Crippen LogP contribution in [0.5, 0.6) is 0 Å². The zero-order valence-corrected chi connectivity index (χ0v) is 10.00. The second-order valence-corrected chi connectivity index (χ2v) is 5.20. The zero-order valence-electron chi connectivity index (χ0n) is 9.18. The van der Waals surface area contributed by atoms with Gasteiger partial charge in [0, 0.05) is 30.3 Å². The minimum atomic E-state index is 0.536. The molecule has 4 nitrogen and oxygen atoms in total. The van der Waals surface area contributed by atoms with E-state index >= 15 is 0 Å². The minimum Gasteiger partial charge on any atom is -0.350 e. The Bertz CT molecular complexity index is 495. The van der Waals surface area contributed by atoms with Crippen LogP contribution in [0.15, 0.2) is 18.6 Å². The molecule has 0 aliphatic carbocycles. The van der Waals surface area contributed by atoms with Gasteiger partial charge in [0.25, 0.3) is 0 Å². The summed E-state index contributed by atoms with van der Waals surface area (Å²) in [5.74, 6) is 3.36. The number of hydrogen-bond acceptors (Lipinski definition) is 4. The van der Waals surface area contributed by atoms with Crippen LogP contribution < -0.4 is 4.90 Å². The summed E-state index contributed by atoms with van der Waals surface area (Å²) < 4.78 is 0. The van der Waals surface area contributed by atoms with Gasteiger partial charge < -0.3 is 9.88 Å². The molecule has 16 heavy (non-hydrogen) atoms. The van der Waals surface area contributed by atoms with Gasteiger partial charge in [-0.05, 0) is 13.0 Å². The molecular weight excluding hydrogens is 220 g/mol. The third kappa shape index (κ3) is 1.55. The number of H-pyrrole nitrogens is 1. The van der Waals surface area contributed by atoms with E-state index in [1.807, 2.05) is 24.0 Å². The van der Waals surface area contributed by atoms with Crippen molar-refractivity contribution in [2.24, 2.45) is 0 Å². The lowest BCUT2D eigenvalue weighted by Crippen LogP contribution is -2.41. The third-order valence-corrected chi connectivity index (χ3v) is 4.15. The first-order chi connectivity index (χ1) is 7.86. The summed E-state index contributed by atoms with van der Waals surface area (Å²) in [5, 5.41) is 0. The zero-order chi connectivity index (χ0) is 11.0. The van der Waals surface area contributed by atoms with E-state index < -0.39 is 0 Å². The number of aromatic amines is 1. The molecule has 1 aliphatic heterocycles. The van der Waals surface area contributed by atoms with E-state index in [0.717, 1.165) is 23.4 Å². The summed E-state index contributed by atoms with van der Waals surface area (Å²) in [5.41, 5.74) is 2.05. The van der Waals surface area contributed by atoms with Crippen molar-refractivity contribution in [1.29, 1.82) is 0 Å². The topological polar surface area (TPSA) is 44.8 Å². The Morgan fingerprint density at radius 1 is 1.50 bits per heavy atom. The first-order valence-electron chi connectivity index (χ1n) is 5.49. The molecule has 0 spiro atoms. The van der Waals surface area contributed by atoms with Gasteiger partial charge in [-0.25, -0.2) is 9.97 Å². The first-order valence-corrected chi connectivity index (χ1v) is 6.64. The fourth-order valence-electron chi connectivity index (χ4n) is 2.11. The van der Waals surface area contributed by atoms with Crippen molar-refractivity contribution in [3.8, 4) is 0 Å². The van der Waals surface area contributed by atoms with Gasteiger partial charge in [0.2, 0.25) is 0 Å². The summed E-state index contributed by atoms with van der Waals surface area (Å²) in [6.45, 7) is 3.31. The highest BCUT2D eigenvalue weighted by molar-refractivity contribution is 7.99. The van der Waals surface area contributed by atoms with Crippen LogP contribution in [-0.2, 0) is 0 Å². The number of pyridine rings is 1. The molecule has 1 fully saturated rings. The lowest BCUT2D eigenvalue weighted by atomic mass is 10.2. The molecule has 0 saturated carbocycles. The van der Waals surface area contributed by atoms with E-state index in [2.05, 4.69) is 26.8 Å². The molecule has 0 amide bonds. The average molecular weight is 234 g/mol. The third-order valence-electron chi connectivity index (χ3n) is 2.96. The number of aromatic nitrogens is 3. The molecule has 1 saturated heterocycles. The largest absolute Gasteiger partial charge is 0.350 e. The summed E-state index contributed by atoms with van der Waals surface area (Å²) >= 11 is 2.01. The predicted octanol–water partition coefficient (Wildman–Crippen LogP) is 1.90. The number of rotatable bonds is 1. The number of nitrogens with one attached hydrogen (secondary N) is 1. The molecule has 1 aliphatic rings. The molecule has 0 bridgehead atoms. The van der Waals surface area contributed by atoms with E-state index in [0.29, 0.717) is 6.04 Å². The maximum Gasteiger partial charge on any atom is 0.157 e. The van der Waals surface area contributed by atoms with Crippen molar-refractivity contribution < 1.29 is 0 Å². The molecule has 84 valence electrons. The lowest BCUT2D eigenvalue weighted by Gasteiger charge is -2.34. The van der Waals surface area contributed by atoms with E-state index in [1.54, 1.807) is 6.33 Å². The Kier molecular flexibility index (Phi) is 2.47. The smallest absolute Gasteiger partial charge is 0.157 e. The maximum atomic E-state index is 4.49. The van der Waals surface area contributed by atoms with Crippen LogP contribution in [0.3, 0.4) is 0 Å². The molecule has 2 aromatic heterocycles. The highest BCUT2D eigenvalue weighted by atomic mass is 32.2. The second kappa shape index (κ2) is 3.97. The molecule has 1 unspecified atom stereocenters. The van der Waals surface area contributed by atoms with Crippen LogP contribution in [0, 0.1) is 0 Å². The minimum absolute atomic E-state index is 0.536. The van der Waals surface area contributed by atoms with Crippen LogP contribution in [0.1, 0.15) is 6.92 Å². The van der Waals surface area contributed by atoms with Crippen LogP contribution in [0.25, 0.3) is 11.0 Å². The van der Waals surface area contributed by atoms with E-state index in [-0.39, 0.29) is 0 Å². The highest BCUT2D eigenvalue weighted by Gasteiger charge is 2.22. The number of thioether (sulfide) groups is 1. The van der Waals surface area contributed by atoms with Gasteiger partial charge in [-0.1, -0.05) is 0 Å². The Morgan fingerprint density at radius 2 is 2.44 bits per heavy atom. The Morgan fingerprint density at radius 3 is 3.31 bits per heavy atom. The molecule has 3 rings (SSSR count). The van der Waals surface area contributed by atoms with Crippen LogP contribution in [0.4, 0.5) is 5.82 Å². The van der Waals surface area contributed by atoms with Gasteiger partial charge in [0.15, 0.2) is 5.82 Å². The van der Waals surface area contributed by atoms with Crippen LogP contribution in [0.2, 0.25) is 0 Å². The number of imidazole rings is 1. The number of hydrogen-bond donors (Lipinski definition) is 1. The van der Waals surface area contributed by atoms with Gasteiger partial charge in [-0.15, -0.1) is 0 Å². The maximum absolute atomic E-state index is 4.49. The number of anilines is 1. The van der Waals surface area contributed by atoms with Crippen LogP contribution in [-0.4, -0.2) is 39.0 Å². The van der Waals surface area contributed by atoms with E-state index in [9.17, 15) is 0 Å². The number of fused-ring (bicyclic) bond motifs is 1. The molecule has 3 heterocycles. The fourth-order valence-corrected chi connectivity index (χ4v) is 3.12. The summed E-state index contributed by atoms with van der Waals surface area (Å²) in [7, 11) is 0. The van der Waals surface area contributed by atoms with Crippen molar-refractivity contribution in [2.45, 2.75) is 13.0 Å². The molecule has 1 atom stereocenters. The highest BCUT2D eigenvalue weighted by Crippen LogP contribution is 2.26. The Hall–Kier alpha value is -1.23. The van der Waals surface area contributed by atoms with Crippen molar-refractivity contribution in [3.05, 3.63) is 18.6 Å². The molecular formula is C11H14N4S. The van der Waals surface area contributed by atoms with Gasteiger partial charge in [0.05, 0.1) is 11.8 Å². The standard InChI is InChI=1S/C11H14N4S/c1-8-6-16-5-4-15(8)11-10-9(2-3-12-11)13-7-14-10/h2-3,7-8H,4-6H2,1H3,(H,13,14). The SMILES string of the molecule is CC1CSCCN1c1nccc2[nH]cnc12. The van der Waals surface area contributed by atoms with Crippen molar-refractivity contribution in [3.63, 3.8) is 0 Å². The monoisotopic (exact) mass is 234 g/mol. The van der Waals surface area contributed by atoms with Crippen molar-refractivity contribution in [2.75, 3.05) is 23.0 Å². The van der Waals surface area contributed by atoms with E-state index in [1.165, 1.54) is 11.5 Å². The average Bonchev–Trinajstić information content (AvgIpc) is 2.77. The molecule has 0 radical (unpaired) electrons.